The van der Waals surface area contributed by atoms with E-state index in [1.807, 2.05) is 120 Å². The molecule has 4 nitrogen and oxygen atoms in total. The molecule has 4 rings (SSSR count). The van der Waals surface area contributed by atoms with E-state index in [1.54, 1.807) is 58.8 Å². The number of hydrogen-bond donors (Lipinski definition) is 2. The maximum Gasteiger partial charge on any atom is 0.306 e. The Bertz CT molecular complexity index is 1410. The zero-order chi connectivity index (χ0) is 37.3. The predicted molar refractivity (Wildman–Crippen MR) is 268 cm³/mol. The molecule has 0 aromatic heterocycles. The molecule has 0 bridgehead atoms. The summed E-state index contributed by atoms with van der Waals surface area (Å²) in [6.45, 7) is 4.52. The van der Waals surface area contributed by atoms with E-state index in [0.717, 1.165) is 22.3 Å². The average Bonchev–Trinajstić information content (AvgIpc) is 3.93. The molecule has 0 spiro atoms. The van der Waals surface area contributed by atoms with E-state index >= 15 is 0 Å². The van der Waals surface area contributed by atoms with E-state index in [9.17, 15) is 9.59 Å². The summed E-state index contributed by atoms with van der Waals surface area (Å²) in [5.74, 6) is 3.50. The molecule has 0 aromatic rings. The van der Waals surface area contributed by atoms with E-state index in [1.165, 1.54) is 52.8 Å². The zero-order valence-corrected chi connectivity index (χ0v) is 41.8. The quantitative estimate of drug-likeness (QED) is 0.0496. The number of thiol groups is 2. The molecule has 0 aromatic carbocycles. The topological polar surface area (TPSA) is 52.6 Å². The molecular formula is C32H38O4S16. The second-order valence-electron chi connectivity index (χ2n) is 9.61. The van der Waals surface area contributed by atoms with Crippen molar-refractivity contribution in [3.63, 3.8) is 0 Å². The Labute approximate surface area is 379 Å². The molecule has 0 unspecified atom stereocenters. The van der Waals surface area contributed by atoms with Crippen LogP contribution in [0.25, 0.3) is 0 Å². The standard InChI is InChI=1S/C32H38O4S16/c1-5-35-22(33)11-13-42-28-21(47-25(48-28)8-10-26-49-29(39-3)30(40-4)50-26)17-41-18-44-32-31(43-14-12-23(34)36-6-2)51-27(52-32)9-7-24-45-19(15-37)20(16-38)46-24/h7-10,37-38H,5-6,11-18H2,1-4H3. The molecule has 0 saturated heterocycles. The van der Waals surface area contributed by atoms with Crippen molar-refractivity contribution in [2.45, 2.75) is 26.7 Å². The SMILES string of the molecule is CCOC(=O)CCSC1=C(CSCSC2=C(SCCC(=O)OCC)SC(=CC=C3SC(CS)=C(CS)S3)S2)SC(=CC=C2SC(SC)=C(SC)S2)S1. The smallest absolute Gasteiger partial charge is 0.306 e. The van der Waals surface area contributed by atoms with E-state index in [-0.39, 0.29) is 11.9 Å². The van der Waals surface area contributed by atoms with Gasteiger partial charge < -0.3 is 9.47 Å². The minimum absolute atomic E-state index is 0.140. The lowest BCUT2D eigenvalue weighted by Gasteiger charge is -2.07. The van der Waals surface area contributed by atoms with Crippen molar-refractivity contribution in [2.24, 2.45) is 0 Å². The highest BCUT2D eigenvalue weighted by atomic mass is 32.3. The van der Waals surface area contributed by atoms with E-state index in [4.69, 9.17) is 9.47 Å². The Morgan fingerprint density at radius 1 is 0.577 bits per heavy atom. The molecule has 286 valence electrons. The average molecular weight is 1000 g/mol. The van der Waals surface area contributed by atoms with Gasteiger partial charge in [-0.1, -0.05) is 94.1 Å². The second kappa shape index (κ2) is 26.5. The van der Waals surface area contributed by atoms with Crippen molar-refractivity contribution in [2.75, 3.05) is 59.6 Å². The van der Waals surface area contributed by atoms with Crippen LogP contribution in [0.5, 0.6) is 0 Å². The second-order valence-corrected chi connectivity index (χ2v) is 27.4. The minimum Gasteiger partial charge on any atom is -0.466 e. The van der Waals surface area contributed by atoms with Crippen molar-refractivity contribution in [3.05, 3.63) is 77.2 Å². The van der Waals surface area contributed by atoms with Crippen molar-refractivity contribution < 1.29 is 19.1 Å². The lowest BCUT2D eigenvalue weighted by atomic mass is 10.5. The van der Waals surface area contributed by atoms with Gasteiger partial charge in [0, 0.05) is 52.8 Å². The number of allylic oxidation sites excluding steroid dienone is 4. The highest BCUT2D eigenvalue weighted by Crippen LogP contribution is 2.60. The molecule has 0 atom stereocenters. The van der Waals surface area contributed by atoms with Gasteiger partial charge in [-0.3, -0.25) is 9.59 Å². The van der Waals surface area contributed by atoms with Gasteiger partial charge in [-0.2, -0.15) is 25.3 Å². The number of ether oxygens (including phenoxy) is 2. The van der Waals surface area contributed by atoms with Crippen LogP contribution in [0.1, 0.15) is 26.7 Å². The third kappa shape index (κ3) is 15.9. The van der Waals surface area contributed by atoms with Gasteiger partial charge in [0.25, 0.3) is 0 Å². The van der Waals surface area contributed by atoms with E-state index in [2.05, 4.69) is 62.1 Å². The summed E-state index contributed by atoms with van der Waals surface area (Å²) in [6, 6.07) is 0. The maximum absolute atomic E-state index is 12.0. The Kier molecular flexibility index (Phi) is 24.1. The molecule has 0 saturated carbocycles. The highest BCUT2D eigenvalue weighted by molar-refractivity contribution is 8.42. The van der Waals surface area contributed by atoms with Crippen LogP contribution in [-0.2, 0) is 19.1 Å². The summed E-state index contributed by atoms with van der Waals surface area (Å²) in [6.07, 6.45) is 14.0. The number of carbonyl (C=O) groups is 2. The number of hydrogen-bond acceptors (Lipinski definition) is 20. The largest absolute Gasteiger partial charge is 0.466 e. The summed E-state index contributed by atoms with van der Waals surface area (Å²) < 4.78 is 22.0. The number of esters is 2. The molecule has 0 amide bonds. The van der Waals surface area contributed by atoms with E-state index in [0.29, 0.717) is 37.6 Å². The Morgan fingerprint density at radius 3 is 1.46 bits per heavy atom. The van der Waals surface area contributed by atoms with Crippen LogP contribution in [-0.4, -0.2) is 71.5 Å². The van der Waals surface area contributed by atoms with E-state index < -0.39 is 0 Å². The molecule has 52 heavy (non-hydrogen) atoms. The van der Waals surface area contributed by atoms with Crippen LogP contribution >= 0.6 is 190 Å². The van der Waals surface area contributed by atoms with Crippen LogP contribution in [0.15, 0.2) is 77.2 Å². The van der Waals surface area contributed by atoms with Gasteiger partial charge in [0.2, 0.25) is 0 Å². The normalized spacial score (nSPS) is 19.4. The first-order chi connectivity index (χ1) is 25.3. The van der Waals surface area contributed by atoms with Crippen molar-refractivity contribution in [3.8, 4) is 0 Å². The fourth-order valence-electron chi connectivity index (χ4n) is 3.84. The predicted octanol–water partition coefficient (Wildman–Crippen LogP) is 14.3. The summed E-state index contributed by atoms with van der Waals surface area (Å²) in [7, 11) is 0. The maximum atomic E-state index is 12.0. The van der Waals surface area contributed by atoms with Gasteiger partial charge in [-0.05, 0) is 50.7 Å². The first-order valence-corrected chi connectivity index (χ1v) is 29.9. The highest BCUT2D eigenvalue weighted by Gasteiger charge is 2.26. The first-order valence-electron chi connectivity index (χ1n) is 15.6. The van der Waals surface area contributed by atoms with Gasteiger partial charge in [0.15, 0.2) is 0 Å². The van der Waals surface area contributed by atoms with Crippen LogP contribution in [0.3, 0.4) is 0 Å². The first kappa shape index (κ1) is 47.1. The molecule has 4 heterocycles. The van der Waals surface area contributed by atoms with Gasteiger partial charge in [-0.25, -0.2) is 0 Å². The fraction of sp³-hybridized carbons (Fsp3) is 0.438. The fourth-order valence-corrected chi connectivity index (χ4v) is 23.2. The molecule has 20 heteroatoms. The molecule has 0 fully saturated rings. The lowest BCUT2D eigenvalue weighted by molar-refractivity contribution is -0.143. The molecule has 4 aliphatic rings. The zero-order valence-electron chi connectivity index (χ0n) is 28.6. The Morgan fingerprint density at radius 2 is 0.981 bits per heavy atom. The molecule has 4 aliphatic heterocycles. The van der Waals surface area contributed by atoms with Crippen molar-refractivity contribution in [1.82, 2.24) is 0 Å². The Hall–Kier alpha value is 2.46. The number of thioether (sulfide) groups is 14. The number of rotatable bonds is 21. The molecule has 0 radical (unpaired) electrons. The van der Waals surface area contributed by atoms with Crippen molar-refractivity contribution in [1.29, 1.82) is 0 Å². The summed E-state index contributed by atoms with van der Waals surface area (Å²) >= 11 is 34.5. The Balaban J connectivity index is 1.38. The summed E-state index contributed by atoms with van der Waals surface area (Å²) in [5.41, 5.74) is 0. The molecule has 0 N–H and O–H groups in total. The minimum atomic E-state index is -0.146. The van der Waals surface area contributed by atoms with Gasteiger partial charge in [0.1, 0.15) is 0 Å². The van der Waals surface area contributed by atoms with Crippen molar-refractivity contribution >= 4 is 202 Å². The third-order valence-corrected chi connectivity index (χ3v) is 25.6. The monoisotopic (exact) mass is 998 g/mol. The lowest BCUT2D eigenvalue weighted by Crippen LogP contribution is -2.04. The molecule has 0 aliphatic carbocycles. The van der Waals surface area contributed by atoms with Gasteiger partial charge >= 0.3 is 11.9 Å². The van der Waals surface area contributed by atoms with Crippen LogP contribution in [0.2, 0.25) is 0 Å². The summed E-state index contributed by atoms with van der Waals surface area (Å²) in [5, 5.41) is 0.915. The summed E-state index contributed by atoms with van der Waals surface area (Å²) in [4.78, 5) is 28.0. The van der Waals surface area contributed by atoms with Crippen LogP contribution in [0.4, 0.5) is 0 Å². The molecular weight excluding hydrogens is 961 g/mol. The van der Waals surface area contributed by atoms with Gasteiger partial charge in [-0.15, -0.1) is 70.6 Å². The third-order valence-electron chi connectivity index (χ3n) is 6.07. The van der Waals surface area contributed by atoms with Crippen LogP contribution in [0, 0.1) is 0 Å². The van der Waals surface area contributed by atoms with Crippen LogP contribution < -0.4 is 0 Å². The van der Waals surface area contributed by atoms with Gasteiger partial charge in [0.05, 0.1) is 60.0 Å². The number of carbonyl (C=O) groups excluding carboxylic acids is 2.